The first-order valence-corrected chi connectivity index (χ1v) is 3.28. The lowest BCUT2D eigenvalue weighted by Crippen LogP contribution is -2.47. The van der Waals surface area contributed by atoms with Crippen molar-refractivity contribution >= 4 is 5.78 Å². The topological polar surface area (TPSA) is 124 Å². The van der Waals surface area contributed by atoms with Gasteiger partial charge in [0.05, 0.1) is 20.6 Å². The van der Waals surface area contributed by atoms with E-state index in [4.69, 9.17) is 27.5 Å². The first-order valence-electron chi connectivity index (χ1n) is 3.86. The Hall–Kier alpha value is -0.530. The molecule has 6 heteroatoms. The molecule has 0 fully saturated rings. The third-order valence-corrected chi connectivity index (χ3v) is 1.33. The molecule has 0 bridgehead atoms. The van der Waals surface area contributed by atoms with Crippen LogP contribution in [0, 0.1) is 0 Å². The normalized spacial score (nSPS) is 22.2. The van der Waals surface area contributed by atoms with Crippen molar-refractivity contribution in [3.63, 3.8) is 0 Å². The van der Waals surface area contributed by atoms with Crippen molar-refractivity contribution in [1.82, 2.24) is 0 Å². The minimum atomic E-state index is -1.88. The van der Waals surface area contributed by atoms with E-state index in [-0.39, 0.29) is 0 Å². The Bertz CT molecular complexity index is 176. The second-order valence-corrected chi connectivity index (χ2v) is 2.27. The summed E-state index contributed by atoms with van der Waals surface area (Å²) in [5.74, 6) is -1.08. The van der Waals surface area contributed by atoms with Crippen molar-refractivity contribution in [3.05, 3.63) is 0 Å². The maximum absolute atomic E-state index is 11.0. The Balaban J connectivity index is 4.25. The summed E-state index contributed by atoms with van der Waals surface area (Å²) in [5, 5.41) is 34.7. The van der Waals surface area contributed by atoms with E-state index in [0.29, 0.717) is 0 Å². The second-order valence-electron chi connectivity index (χ2n) is 2.27. The van der Waals surface area contributed by atoms with Gasteiger partial charge in [-0.05, 0) is 0 Å². The number of carbonyl (C=O) groups is 1. The van der Waals surface area contributed by atoms with Gasteiger partial charge in [-0.1, -0.05) is 0 Å². The Morgan fingerprint density at radius 1 is 1.50 bits per heavy atom. The van der Waals surface area contributed by atoms with Crippen LogP contribution in [-0.4, -0.2) is 57.6 Å². The molecule has 0 heterocycles. The molecular formula is C6H13NO5. The average molecular weight is 180 g/mol. The highest BCUT2D eigenvalue weighted by molar-refractivity contribution is 5.88. The van der Waals surface area contributed by atoms with Crippen LogP contribution in [0.4, 0.5) is 0 Å². The number of carbonyl (C=O) groups excluding carboxylic acids is 1. The number of aliphatic hydroxyl groups is 4. The molecule has 0 aromatic rings. The molecule has 0 rings (SSSR count). The summed E-state index contributed by atoms with van der Waals surface area (Å²) in [5.41, 5.74) is 5.01. The summed E-state index contributed by atoms with van der Waals surface area (Å²) in [6, 6.07) is -1.59. The van der Waals surface area contributed by atoms with Gasteiger partial charge in [0.15, 0.2) is 5.78 Å². The van der Waals surface area contributed by atoms with Crippen LogP contribution in [0.15, 0.2) is 0 Å². The molecule has 0 radical (unpaired) electrons. The largest absolute Gasteiger partial charge is 0.394 e. The molecule has 12 heavy (non-hydrogen) atoms. The predicted octanol–water partition coefficient (Wildman–Crippen LogP) is -3.41. The van der Waals surface area contributed by atoms with E-state index in [0.717, 1.165) is 0 Å². The van der Waals surface area contributed by atoms with Crippen LogP contribution in [0.1, 0.15) is 1.37 Å². The van der Waals surface area contributed by atoms with Crippen molar-refractivity contribution in [2.24, 2.45) is 5.73 Å². The van der Waals surface area contributed by atoms with E-state index >= 15 is 0 Å². The lowest BCUT2D eigenvalue weighted by atomic mass is 10.0. The standard InChI is InChI=1S/C6H13NO5/c7-3(1-8)5(11)6(12)4(10)2-9/h3-4,6,8-10,12H,1-2,7H2/t3-,4+,6-/m0/s1/i1D/t1?,3-,4+,6-. The monoisotopic (exact) mass is 180 g/mol. The fraction of sp³-hybridized carbons (Fsp3) is 0.833. The van der Waals surface area contributed by atoms with Crippen LogP contribution in [0.2, 0.25) is 0 Å². The number of aliphatic hydroxyl groups excluding tert-OH is 4. The minimum Gasteiger partial charge on any atom is -0.394 e. The average Bonchev–Trinajstić information content (AvgIpc) is 2.12. The lowest BCUT2D eigenvalue weighted by Gasteiger charge is -2.16. The zero-order valence-corrected chi connectivity index (χ0v) is 6.29. The van der Waals surface area contributed by atoms with Gasteiger partial charge in [0, 0.05) is 0 Å². The molecule has 72 valence electrons. The van der Waals surface area contributed by atoms with Crippen LogP contribution in [0.5, 0.6) is 0 Å². The zero-order valence-electron chi connectivity index (χ0n) is 7.29. The summed E-state index contributed by atoms with van der Waals surface area (Å²) >= 11 is 0. The molecule has 4 atom stereocenters. The van der Waals surface area contributed by atoms with Crippen LogP contribution < -0.4 is 5.73 Å². The molecule has 6 nitrogen and oxygen atoms in total. The van der Waals surface area contributed by atoms with Gasteiger partial charge < -0.3 is 26.2 Å². The van der Waals surface area contributed by atoms with Crippen LogP contribution in [-0.2, 0) is 4.79 Å². The van der Waals surface area contributed by atoms with Crippen molar-refractivity contribution in [2.75, 3.05) is 13.2 Å². The number of ketones is 1. The third-order valence-electron chi connectivity index (χ3n) is 1.33. The van der Waals surface area contributed by atoms with E-state index in [1.807, 2.05) is 0 Å². The van der Waals surface area contributed by atoms with Crippen molar-refractivity contribution in [3.8, 4) is 0 Å². The number of hydrogen-bond acceptors (Lipinski definition) is 6. The van der Waals surface area contributed by atoms with Gasteiger partial charge in [-0.3, -0.25) is 4.79 Å². The molecule has 0 aromatic heterocycles. The SMILES string of the molecule is [2H]C(O)[C@H](N)C(=O)[C@@H](O)[C@H](O)CO. The van der Waals surface area contributed by atoms with Crippen LogP contribution in [0.3, 0.4) is 0 Å². The number of hydrogen-bond donors (Lipinski definition) is 5. The second kappa shape index (κ2) is 5.18. The quantitative estimate of drug-likeness (QED) is 0.300. The van der Waals surface area contributed by atoms with Gasteiger partial charge in [-0.15, -0.1) is 0 Å². The molecule has 1 unspecified atom stereocenters. The van der Waals surface area contributed by atoms with E-state index in [1.54, 1.807) is 0 Å². The summed E-state index contributed by atoms with van der Waals surface area (Å²) < 4.78 is 6.66. The fourth-order valence-electron chi connectivity index (χ4n) is 0.560. The van der Waals surface area contributed by atoms with Gasteiger partial charge in [0.2, 0.25) is 0 Å². The Kier molecular flexibility index (Phi) is 4.12. The molecule has 6 N–H and O–H groups in total. The minimum absolute atomic E-state index is 0.798. The summed E-state index contributed by atoms with van der Waals surface area (Å²) in [4.78, 5) is 11.0. The van der Waals surface area contributed by atoms with Crippen molar-refractivity contribution in [1.29, 1.82) is 0 Å². The van der Waals surface area contributed by atoms with Gasteiger partial charge >= 0.3 is 0 Å². The highest BCUT2D eigenvalue weighted by Crippen LogP contribution is 1.96. The van der Waals surface area contributed by atoms with Gasteiger partial charge in [0.1, 0.15) is 12.2 Å². The molecule has 0 aliphatic heterocycles. The Labute approximate surface area is 70.6 Å². The van der Waals surface area contributed by atoms with E-state index in [2.05, 4.69) is 0 Å². The first-order chi connectivity index (χ1) is 5.91. The predicted molar refractivity (Wildman–Crippen MR) is 39.2 cm³/mol. The van der Waals surface area contributed by atoms with Crippen molar-refractivity contribution in [2.45, 2.75) is 18.2 Å². The molecule has 0 amide bonds. The van der Waals surface area contributed by atoms with E-state index in [1.165, 1.54) is 0 Å². The number of nitrogens with two attached hydrogens (primary N) is 1. The first kappa shape index (κ1) is 9.56. The maximum atomic E-state index is 11.0. The highest BCUT2D eigenvalue weighted by Gasteiger charge is 2.27. The summed E-state index contributed by atoms with van der Waals surface area (Å²) in [6.07, 6.45) is -3.52. The molecule has 0 aliphatic rings. The van der Waals surface area contributed by atoms with Gasteiger partial charge in [-0.2, -0.15) is 0 Å². The molecule has 0 spiro atoms. The zero-order chi connectivity index (χ0) is 10.6. The van der Waals surface area contributed by atoms with Crippen LogP contribution in [0.25, 0.3) is 0 Å². The Morgan fingerprint density at radius 2 is 2.00 bits per heavy atom. The Morgan fingerprint density at radius 3 is 2.33 bits per heavy atom. The summed E-state index contributed by atoms with van der Waals surface area (Å²) in [7, 11) is 0. The third kappa shape index (κ3) is 2.84. The summed E-state index contributed by atoms with van der Waals surface area (Å²) in [6.45, 7) is -2.65. The molecule has 0 saturated heterocycles. The maximum Gasteiger partial charge on any atom is 0.182 e. The van der Waals surface area contributed by atoms with Gasteiger partial charge in [-0.25, -0.2) is 0 Å². The highest BCUT2D eigenvalue weighted by atomic mass is 16.4. The van der Waals surface area contributed by atoms with E-state index in [9.17, 15) is 4.79 Å². The van der Waals surface area contributed by atoms with Crippen molar-refractivity contribution < 1.29 is 26.6 Å². The van der Waals surface area contributed by atoms with E-state index < -0.39 is 37.2 Å². The molecule has 0 aliphatic carbocycles. The van der Waals surface area contributed by atoms with Crippen LogP contribution >= 0.6 is 0 Å². The number of rotatable bonds is 5. The number of Topliss-reactive ketones (excluding diaryl/α,β-unsaturated/α-hetero) is 1. The molecule has 0 aromatic carbocycles. The van der Waals surface area contributed by atoms with Gasteiger partial charge in [0.25, 0.3) is 0 Å². The fourth-order valence-corrected chi connectivity index (χ4v) is 0.560. The molecule has 0 saturated carbocycles. The smallest absolute Gasteiger partial charge is 0.182 e. The molecular weight excluding hydrogens is 166 g/mol. The lowest BCUT2D eigenvalue weighted by molar-refractivity contribution is -0.136.